The molecule has 0 aliphatic rings. The first kappa shape index (κ1) is 15.2. The van der Waals surface area contributed by atoms with Crippen molar-refractivity contribution in [3.8, 4) is 5.75 Å². The Morgan fingerprint density at radius 3 is 2.65 bits per heavy atom. The predicted octanol–water partition coefficient (Wildman–Crippen LogP) is 4.43. The van der Waals surface area contributed by atoms with Crippen LogP contribution in [0.25, 0.3) is 22.4 Å². The van der Waals surface area contributed by atoms with Crippen molar-refractivity contribution in [2.24, 2.45) is 0 Å². The largest absolute Gasteiger partial charge is 0.497 e. The molecule has 0 spiro atoms. The Morgan fingerprint density at radius 1 is 1.17 bits per heavy atom. The van der Waals surface area contributed by atoms with E-state index >= 15 is 0 Å². The molecule has 0 fully saturated rings. The highest BCUT2D eigenvalue weighted by Gasteiger charge is 2.03. The Labute approximate surface area is 138 Å². The highest BCUT2D eigenvalue weighted by atomic mass is 32.1. The van der Waals surface area contributed by atoms with E-state index in [0.717, 1.165) is 32.2 Å². The number of hydrogen-bond acceptors (Lipinski definition) is 4. The third kappa shape index (κ3) is 3.76. The number of hydrogen-bond donors (Lipinski definition) is 1. The minimum Gasteiger partial charge on any atom is -0.497 e. The zero-order valence-electron chi connectivity index (χ0n) is 12.9. The van der Waals surface area contributed by atoms with Crippen LogP contribution in [0.1, 0.15) is 17.5 Å². The second-order valence-corrected chi connectivity index (χ2v) is 6.08. The van der Waals surface area contributed by atoms with E-state index in [1.54, 1.807) is 18.4 Å². The molecule has 1 N–H and O–H groups in total. The van der Waals surface area contributed by atoms with Crippen molar-refractivity contribution in [3.63, 3.8) is 0 Å². The summed E-state index contributed by atoms with van der Waals surface area (Å²) in [5, 5.41) is 3.69. The van der Waals surface area contributed by atoms with Gasteiger partial charge in [-0.05, 0) is 42.0 Å². The van der Waals surface area contributed by atoms with Crippen molar-refractivity contribution in [1.82, 2.24) is 4.98 Å². The lowest BCUT2D eigenvalue weighted by Gasteiger charge is -2.01. The zero-order valence-corrected chi connectivity index (χ0v) is 13.7. The average molecular weight is 324 g/mol. The topological polar surface area (TPSA) is 51.2 Å². The van der Waals surface area contributed by atoms with Gasteiger partial charge in [0.15, 0.2) is 0 Å². The van der Waals surface area contributed by atoms with E-state index < -0.39 is 0 Å². The van der Waals surface area contributed by atoms with Crippen molar-refractivity contribution in [1.29, 1.82) is 0 Å². The Hall–Kier alpha value is -2.66. The number of rotatable bonds is 4. The van der Waals surface area contributed by atoms with E-state index in [1.807, 2.05) is 54.6 Å². The number of aromatic nitrogens is 1. The number of nitrogens with one attached hydrogen (secondary N) is 1. The molecular formula is C18H16N2O2S. The molecule has 3 aromatic rings. The van der Waals surface area contributed by atoms with Crippen LogP contribution in [0.15, 0.2) is 42.5 Å². The molecule has 1 heterocycles. The third-order valence-corrected chi connectivity index (χ3v) is 4.24. The summed E-state index contributed by atoms with van der Waals surface area (Å²) < 4.78 is 6.33. The maximum absolute atomic E-state index is 11.0. The van der Waals surface area contributed by atoms with Gasteiger partial charge < -0.3 is 10.1 Å². The fourth-order valence-corrected chi connectivity index (χ4v) is 3.07. The van der Waals surface area contributed by atoms with Crippen LogP contribution in [-0.2, 0) is 4.79 Å². The Kier molecular flexibility index (Phi) is 4.39. The van der Waals surface area contributed by atoms with Crippen LogP contribution in [0.4, 0.5) is 5.69 Å². The second kappa shape index (κ2) is 6.62. The Bertz CT molecular complexity index is 866. The van der Waals surface area contributed by atoms with Gasteiger partial charge in [0.1, 0.15) is 10.8 Å². The van der Waals surface area contributed by atoms with Gasteiger partial charge in [0.25, 0.3) is 0 Å². The Morgan fingerprint density at radius 2 is 1.96 bits per heavy atom. The number of thiazole rings is 1. The summed E-state index contributed by atoms with van der Waals surface area (Å²) in [6.45, 7) is 1.50. The number of carbonyl (C=O) groups excluding carboxylic acids is 1. The maximum atomic E-state index is 11.0. The summed E-state index contributed by atoms with van der Waals surface area (Å²) in [4.78, 5) is 15.6. The molecular weight excluding hydrogens is 308 g/mol. The molecule has 0 atom stereocenters. The van der Waals surface area contributed by atoms with Crippen LogP contribution in [0.3, 0.4) is 0 Å². The van der Waals surface area contributed by atoms with Crippen LogP contribution >= 0.6 is 11.3 Å². The minimum atomic E-state index is -0.0711. The fraction of sp³-hybridized carbons (Fsp3) is 0.111. The lowest BCUT2D eigenvalue weighted by Crippen LogP contribution is -2.05. The van der Waals surface area contributed by atoms with Gasteiger partial charge in [0, 0.05) is 12.6 Å². The first-order valence-corrected chi connectivity index (χ1v) is 7.96. The van der Waals surface area contributed by atoms with Crippen LogP contribution in [0.5, 0.6) is 5.75 Å². The number of fused-ring (bicyclic) bond motifs is 1. The molecule has 0 unspecified atom stereocenters. The zero-order chi connectivity index (χ0) is 16.2. The molecule has 3 rings (SSSR count). The van der Waals surface area contributed by atoms with Gasteiger partial charge in [0.2, 0.25) is 5.91 Å². The number of ether oxygens (including phenoxy) is 1. The van der Waals surface area contributed by atoms with E-state index in [-0.39, 0.29) is 5.91 Å². The third-order valence-electron chi connectivity index (χ3n) is 3.26. The summed E-state index contributed by atoms with van der Waals surface area (Å²) in [6, 6.07) is 13.5. The molecule has 1 amide bonds. The summed E-state index contributed by atoms with van der Waals surface area (Å²) in [5.74, 6) is 0.767. The fourth-order valence-electron chi connectivity index (χ4n) is 2.17. The molecule has 23 heavy (non-hydrogen) atoms. The smallest absolute Gasteiger partial charge is 0.221 e. The minimum absolute atomic E-state index is 0.0711. The molecule has 1 aromatic heterocycles. The lowest BCUT2D eigenvalue weighted by molar-refractivity contribution is -0.114. The van der Waals surface area contributed by atoms with Crippen molar-refractivity contribution in [2.45, 2.75) is 6.92 Å². The van der Waals surface area contributed by atoms with E-state index in [2.05, 4.69) is 10.3 Å². The summed E-state index contributed by atoms with van der Waals surface area (Å²) in [5.41, 5.74) is 2.81. The van der Waals surface area contributed by atoms with Crippen LogP contribution in [0, 0.1) is 0 Å². The van der Waals surface area contributed by atoms with Gasteiger partial charge in [-0.1, -0.05) is 18.2 Å². The van der Waals surface area contributed by atoms with Crippen LogP contribution < -0.4 is 10.1 Å². The van der Waals surface area contributed by atoms with Gasteiger partial charge in [0.05, 0.1) is 17.3 Å². The molecule has 0 bridgehead atoms. The number of methoxy groups -OCH3 is 1. The number of carbonyl (C=O) groups is 1. The van der Waals surface area contributed by atoms with E-state index in [0.29, 0.717) is 0 Å². The molecule has 0 saturated heterocycles. The van der Waals surface area contributed by atoms with Gasteiger partial charge in [-0.3, -0.25) is 4.79 Å². The monoisotopic (exact) mass is 324 g/mol. The van der Waals surface area contributed by atoms with Crippen molar-refractivity contribution in [2.75, 3.05) is 12.4 Å². The molecule has 2 aromatic carbocycles. The molecule has 0 radical (unpaired) electrons. The summed E-state index contributed by atoms with van der Waals surface area (Å²) >= 11 is 1.62. The molecule has 0 aliphatic heterocycles. The van der Waals surface area contributed by atoms with E-state index in [4.69, 9.17) is 4.74 Å². The summed E-state index contributed by atoms with van der Waals surface area (Å²) in [7, 11) is 1.66. The standard InChI is InChI=1S/C18H16N2O2S/c1-12(21)19-14-6-3-13(4-7-14)5-10-18-20-16-9-8-15(22-2)11-17(16)23-18/h3-11H,1-2H3,(H,19,21)/b10-5+. The van der Waals surface area contributed by atoms with E-state index in [9.17, 15) is 4.79 Å². The normalized spacial score (nSPS) is 11.0. The number of anilines is 1. The quantitative estimate of drug-likeness (QED) is 0.772. The second-order valence-electron chi connectivity index (χ2n) is 5.02. The number of benzene rings is 2. The molecule has 5 heteroatoms. The molecule has 116 valence electrons. The lowest BCUT2D eigenvalue weighted by atomic mass is 10.2. The van der Waals surface area contributed by atoms with Crippen LogP contribution in [0.2, 0.25) is 0 Å². The van der Waals surface area contributed by atoms with Crippen molar-refractivity contribution >= 4 is 45.3 Å². The van der Waals surface area contributed by atoms with Gasteiger partial charge in [-0.25, -0.2) is 4.98 Å². The van der Waals surface area contributed by atoms with Gasteiger partial charge in [-0.2, -0.15) is 0 Å². The summed E-state index contributed by atoms with van der Waals surface area (Å²) in [6.07, 6.45) is 4.00. The molecule has 0 aliphatic carbocycles. The maximum Gasteiger partial charge on any atom is 0.221 e. The predicted molar refractivity (Wildman–Crippen MR) is 95.8 cm³/mol. The first-order valence-electron chi connectivity index (χ1n) is 7.14. The van der Waals surface area contributed by atoms with Crippen LogP contribution in [-0.4, -0.2) is 18.0 Å². The average Bonchev–Trinajstić information content (AvgIpc) is 2.95. The Balaban J connectivity index is 1.78. The molecule has 0 saturated carbocycles. The van der Waals surface area contributed by atoms with Crippen molar-refractivity contribution in [3.05, 3.63) is 53.0 Å². The SMILES string of the molecule is COc1ccc2nc(/C=C/c3ccc(NC(C)=O)cc3)sc2c1. The van der Waals surface area contributed by atoms with Gasteiger partial charge in [-0.15, -0.1) is 11.3 Å². The highest BCUT2D eigenvalue weighted by molar-refractivity contribution is 7.19. The number of amides is 1. The highest BCUT2D eigenvalue weighted by Crippen LogP contribution is 2.27. The van der Waals surface area contributed by atoms with E-state index in [1.165, 1.54) is 6.92 Å². The van der Waals surface area contributed by atoms with Crippen molar-refractivity contribution < 1.29 is 9.53 Å². The van der Waals surface area contributed by atoms with Gasteiger partial charge >= 0.3 is 0 Å². The molecule has 4 nitrogen and oxygen atoms in total. The first-order chi connectivity index (χ1) is 11.1. The number of nitrogens with zero attached hydrogens (tertiary/aromatic N) is 1.